The lowest BCUT2D eigenvalue weighted by atomic mass is 10.1. The van der Waals surface area contributed by atoms with Crippen LogP contribution in [0.1, 0.15) is 5.56 Å². The van der Waals surface area contributed by atoms with Crippen LogP contribution in [-0.4, -0.2) is 31.5 Å². The molecule has 3 nitrogen and oxygen atoms in total. The Balaban J connectivity index is 2.29. The number of ether oxygens (including phenoxy) is 1. The van der Waals surface area contributed by atoms with Crippen molar-refractivity contribution in [1.82, 2.24) is 4.90 Å². The van der Waals surface area contributed by atoms with E-state index in [-0.39, 0.29) is 12.5 Å². The van der Waals surface area contributed by atoms with Crippen molar-refractivity contribution in [2.45, 2.75) is 6.92 Å². The van der Waals surface area contributed by atoms with E-state index in [4.69, 9.17) is 4.74 Å². The molecule has 0 aromatic heterocycles. The van der Waals surface area contributed by atoms with Crippen molar-refractivity contribution in [2.75, 3.05) is 20.7 Å². The summed E-state index contributed by atoms with van der Waals surface area (Å²) in [4.78, 5) is 13.0. The van der Waals surface area contributed by atoms with Gasteiger partial charge in [-0.15, -0.1) is 0 Å². The van der Waals surface area contributed by atoms with Crippen LogP contribution >= 0.6 is 0 Å². The maximum absolute atomic E-state index is 11.5. The predicted octanol–water partition coefficient (Wildman–Crippen LogP) is 2.62. The summed E-state index contributed by atoms with van der Waals surface area (Å²) in [5.41, 5.74) is 1.21. The lowest BCUT2D eigenvalue weighted by Gasteiger charge is -2.13. The molecule has 0 atom stereocenters. The summed E-state index contributed by atoms with van der Waals surface area (Å²) >= 11 is 0. The quantitative estimate of drug-likeness (QED) is 0.829. The Morgan fingerprint density at radius 1 is 1.11 bits per heavy atom. The highest BCUT2D eigenvalue weighted by atomic mass is 16.5. The summed E-state index contributed by atoms with van der Waals surface area (Å²) in [6.07, 6.45) is 0. The fourth-order valence-electron chi connectivity index (χ4n) is 1.83. The zero-order chi connectivity index (χ0) is 13.1. The van der Waals surface area contributed by atoms with Crippen molar-refractivity contribution in [1.29, 1.82) is 0 Å². The molecule has 1 amide bonds. The van der Waals surface area contributed by atoms with E-state index in [9.17, 15) is 4.79 Å². The second kappa shape index (κ2) is 5.08. The van der Waals surface area contributed by atoms with Crippen molar-refractivity contribution in [3.8, 4) is 5.75 Å². The first-order valence-electron chi connectivity index (χ1n) is 5.91. The Morgan fingerprint density at radius 3 is 2.50 bits per heavy atom. The SMILES string of the molecule is Cc1cccc2c(OCC(=O)N(C)C)cccc12. The Morgan fingerprint density at radius 2 is 1.78 bits per heavy atom. The van der Waals surface area contributed by atoms with Gasteiger partial charge in [-0.25, -0.2) is 0 Å². The highest BCUT2D eigenvalue weighted by molar-refractivity contribution is 5.91. The summed E-state index contributed by atoms with van der Waals surface area (Å²) in [6, 6.07) is 12.0. The van der Waals surface area contributed by atoms with E-state index in [1.807, 2.05) is 24.3 Å². The maximum atomic E-state index is 11.5. The molecular formula is C15H17NO2. The van der Waals surface area contributed by atoms with Crippen LogP contribution in [0.15, 0.2) is 36.4 Å². The Labute approximate surface area is 107 Å². The normalized spacial score (nSPS) is 10.4. The standard InChI is InChI=1S/C15H17NO2/c1-11-6-4-8-13-12(11)7-5-9-14(13)18-10-15(17)16(2)3/h4-9H,10H2,1-3H3. The van der Waals surface area contributed by atoms with Gasteiger partial charge in [0.15, 0.2) is 6.61 Å². The zero-order valence-electron chi connectivity index (χ0n) is 10.9. The number of aryl methyl sites for hydroxylation is 1. The van der Waals surface area contributed by atoms with Crippen molar-refractivity contribution in [2.24, 2.45) is 0 Å². The van der Waals surface area contributed by atoms with E-state index in [1.54, 1.807) is 14.1 Å². The molecule has 0 aliphatic heterocycles. The largest absolute Gasteiger partial charge is 0.483 e. The van der Waals surface area contributed by atoms with Crippen LogP contribution in [0.4, 0.5) is 0 Å². The van der Waals surface area contributed by atoms with Crippen molar-refractivity contribution < 1.29 is 9.53 Å². The minimum absolute atomic E-state index is 0.0420. The molecule has 0 bridgehead atoms. The van der Waals surface area contributed by atoms with Gasteiger partial charge in [0.2, 0.25) is 0 Å². The van der Waals surface area contributed by atoms with E-state index >= 15 is 0 Å². The number of carbonyl (C=O) groups excluding carboxylic acids is 1. The molecule has 0 aliphatic carbocycles. The number of hydrogen-bond donors (Lipinski definition) is 0. The predicted molar refractivity (Wildman–Crippen MR) is 72.9 cm³/mol. The van der Waals surface area contributed by atoms with Gasteiger partial charge < -0.3 is 9.64 Å². The molecule has 3 heteroatoms. The number of benzene rings is 2. The van der Waals surface area contributed by atoms with Gasteiger partial charge in [0.1, 0.15) is 5.75 Å². The molecule has 2 aromatic carbocycles. The van der Waals surface area contributed by atoms with Gasteiger partial charge in [0.25, 0.3) is 5.91 Å². The fourth-order valence-corrected chi connectivity index (χ4v) is 1.83. The molecule has 0 saturated heterocycles. The highest BCUT2D eigenvalue weighted by Gasteiger charge is 2.07. The number of hydrogen-bond acceptors (Lipinski definition) is 2. The zero-order valence-corrected chi connectivity index (χ0v) is 10.9. The number of rotatable bonds is 3. The molecule has 2 rings (SSSR count). The van der Waals surface area contributed by atoms with Crippen LogP contribution in [0.25, 0.3) is 10.8 Å². The third kappa shape index (κ3) is 2.45. The van der Waals surface area contributed by atoms with Gasteiger partial charge in [0, 0.05) is 19.5 Å². The molecule has 0 N–H and O–H groups in total. The first-order chi connectivity index (χ1) is 8.59. The summed E-state index contributed by atoms with van der Waals surface area (Å²) < 4.78 is 5.61. The Kier molecular flexibility index (Phi) is 3.51. The molecule has 0 saturated carbocycles. The molecule has 0 radical (unpaired) electrons. The monoisotopic (exact) mass is 243 g/mol. The lowest BCUT2D eigenvalue weighted by molar-refractivity contribution is -0.130. The van der Waals surface area contributed by atoms with Crippen LogP contribution < -0.4 is 4.74 Å². The number of carbonyl (C=O) groups is 1. The molecule has 18 heavy (non-hydrogen) atoms. The van der Waals surface area contributed by atoms with E-state index in [0.29, 0.717) is 0 Å². The van der Waals surface area contributed by atoms with E-state index < -0.39 is 0 Å². The van der Waals surface area contributed by atoms with Gasteiger partial charge >= 0.3 is 0 Å². The lowest BCUT2D eigenvalue weighted by Crippen LogP contribution is -2.27. The van der Waals surface area contributed by atoms with Crippen LogP contribution in [0.2, 0.25) is 0 Å². The Hall–Kier alpha value is -2.03. The molecule has 0 fully saturated rings. The Bertz CT molecular complexity index is 576. The average Bonchev–Trinajstić information content (AvgIpc) is 2.36. The topological polar surface area (TPSA) is 29.5 Å². The van der Waals surface area contributed by atoms with Gasteiger partial charge in [-0.3, -0.25) is 4.79 Å². The van der Waals surface area contributed by atoms with Gasteiger partial charge in [-0.1, -0.05) is 30.3 Å². The van der Waals surface area contributed by atoms with E-state index in [1.165, 1.54) is 10.5 Å². The van der Waals surface area contributed by atoms with Crippen LogP contribution in [0.3, 0.4) is 0 Å². The summed E-state index contributed by atoms with van der Waals surface area (Å²) in [6.45, 7) is 2.14. The van der Waals surface area contributed by atoms with Crippen LogP contribution in [0, 0.1) is 6.92 Å². The van der Waals surface area contributed by atoms with Crippen molar-refractivity contribution in [3.05, 3.63) is 42.0 Å². The third-order valence-corrected chi connectivity index (χ3v) is 2.95. The minimum Gasteiger partial charge on any atom is -0.483 e. The first kappa shape index (κ1) is 12.4. The fraction of sp³-hybridized carbons (Fsp3) is 0.267. The average molecular weight is 243 g/mol. The molecule has 0 spiro atoms. The second-order valence-electron chi connectivity index (χ2n) is 4.50. The summed E-state index contributed by atoms with van der Waals surface area (Å²) in [7, 11) is 3.44. The molecule has 94 valence electrons. The minimum atomic E-state index is -0.0420. The van der Waals surface area contributed by atoms with Gasteiger partial charge in [-0.2, -0.15) is 0 Å². The van der Waals surface area contributed by atoms with Gasteiger partial charge in [0.05, 0.1) is 0 Å². The maximum Gasteiger partial charge on any atom is 0.259 e. The van der Waals surface area contributed by atoms with Crippen LogP contribution in [-0.2, 0) is 4.79 Å². The summed E-state index contributed by atoms with van der Waals surface area (Å²) in [5.74, 6) is 0.714. The molecule has 0 unspecified atom stereocenters. The first-order valence-corrected chi connectivity index (χ1v) is 5.91. The second-order valence-corrected chi connectivity index (χ2v) is 4.50. The molecule has 2 aromatic rings. The molecule has 0 heterocycles. The summed E-state index contributed by atoms with van der Waals surface area (Å²) in [5, 5.41) is 2.20. The highest BCUT2D eigenvalue weighted by Crippen LogP contribution is 2.27. The van der Waals surface area contributed by atoms with Crippen molar-refractivity contribution >= 4 is 16.7 Å². The van der Waals surface area contributed by atoms with E-state index in [2.05, 4.69) is 19.1 Å². The number of amides is 1. The smallest absolute Gasteiger partial charge is 0.259 e. The van der Waals surface area contributed by atoms with Crippen LogP contribution in [0.5, 0.6) is 5.75 Å². The van der Waals surface area contributed by atoms with Gasteiger partial charge in [-0.05, 0) is 23.9 Å². The molecule has 0 aliphatic rings. The number of fused-ring (bicyclic) bond motifs is 1. The number of nitrogens with zero attached hydrogens (tertiary/aromatic N) is 1. The van der Waals surface area contributed by atoms with E-state index in [0.717, 1.165) is 16.5 Å². The molecular weight excluding hydrogens is 226 g/mol. The van der Waals surface area contributed by atoms with Crippen molar-refractivity contribution in [3.63, 3.8) is 0 Å². The number of likely N-dealkylation sites (N-methyl/N-ethyl adjacent to an activating group) is 1. The third-order valence-electron chi connectivity index (χ3n) is 2.95.